The van der Waals surface area contributed by atoms with Crippen LogP contribution in [0.3, 0.4) is 0 Å². The lowest BCUT2D eigenvalue weighted by molar-refractivity contribution is 0.180. The first-order valence-electron chi connectivity index (χ1n) is 14.2. The van der Waals surface area contributed by atoms with Crippen molar-refractivity contribution in [2.45, 2.75) is 61.3 Å². The molecule has 200 valence electrons. The molecule has 2 bridgehead atoms. The molecule has 0 amide bonds. The van der Waals surface area contributed by atoms with Gasteiger partial charge in [-0.2, -0.15) is 0 Å². The second kappa shape index (κ2) is 10.1. The summed E-state index contributed by atoms with van der Waals surface area (Å²) >= 11 is 2.02. The van der Waals surface area contributed by atoms with Gasteiger partial charge >= 0.3 is 0 Å². The Hall–Kier alpha value is -2.04. The third kappa shape index (κ3) is 4.41. The zero-order valence-corrected chi connectivity index (χ0v) is 27.1. The van der Waals surface area contributed by atoms with Crippen molar-refractivity contribution in [3.8, 4) is 0 Å². The van der Waals surface area contributed by atoms with E-state index in [0.717, 1.165) is 0 Å². The van der Waals surface area contributed by atoms with E-state index in [2.05, 4.69) is 127 Å². The number of aryl methyl sites for hydroxylation is 4. The van der Waals surface area contributed by atoms with Crippen molar-refractivity contribution in [2.24, 2.45) is 16.7 Å². The van der Waals surface area contributed by atoms with Crippen LogP contribution in [0.15, 0.2) is 84.2 Å². The van der Waals surface area contributed by atoms with E-state index < -0.39 is 7.92 Å². The van der Waals surface area contributed by atoms with E-state index in [1.54, 1.807) is 21.8 Å². The van der Waals surface area contributed by atoms with Crippen molar-refractivity contribution < 1.29 is 0 Å². The van der Waals surface area contributed by atoms with E-state index >= 15 is 0 Å². The van der Waals surface area contributed by atoms with Crippen molar-refractivity contribution >= 4 is 54.6 Å². The summed E-state index contributed by atoms with van der Waals surface area (Å²) in [6.45, 7) is 17.0. The molecule has 1 heterocycles. The lowest BCUT2D eigenvalue weighted by Gasteiger charge is -2.40. The van der Waals surface area contributed by atoms with Gasteiger partial charge in [0, 0.05) is 9.75 Å². The minimum atomic E-state index is -0.634. The highest BCUT2D eigenvalue weighted by atomic mass is 32.1. The fourth-order valence-electron chi connectivity index (χ4n) is 7.46. The van der Waals surface area contributed by atoms with E-state index in [4.69, 9.17) is 0 Å². The topological polar surface area (TPSA) is 0 Å². The van der Waals surface area contributed by atoms with Crippen LogP contribution in [0.5, 0.6) is 0 Å². The summed E-state index contributed by atoms with van der Waals surface area (Å²) in [4.78, 5) is 3.01. The van der Waals surface area contributed by atoms with E-state index in [9.17, 15) is 0 Å². The van der Waals surface area contributed by atoms with Crippen LogP contribution in [0.2, 0.25) is 0 Å². The Bertz CT molecular complexity index is 1500. The molecular weight excluding hydrogens is 526 g/mol. The van der Waals surface area contributed by atoms with Crippen LogP contribution in [0.25, 0.3) is 5.57 Å². The molecule has 6 rings (SSSR count). The molecule has 0 radical (unpaired) electrons. The molecule has 0 N–H and O–H groups in total. The summed E-state index contributed by atoms with van der Waals surface area (Å²) in [6, 6.07) is 29.9. The Morgan fingerprint density at radius 1 is 0.769 bits per heavy atom. The number of thiophene rings is 1. The van der Waals surface area contributed by atoms with Gasteiger partial charge in [-0.05, 0) is 103 Å². The van der Waals surface area contributed by atoms with Crippen LogP contribution in [0, 0.1) is 44.4 Å². The molecule has 39 heavy (non-hydrogen) atoms. The predicted molar refractivity (Wildman–Crippen MR) is 178 cm³/mol. The zero-order chi connectivity index (χ0) is 27.5. The molecule has 2 aliphatic carbocycles. The molecule has 1 saturated carbocycles. The maximum atomic E-state index is 2.61. The van der Waals surface area contributed by atoms with Crippen molar-refractivity contribution in [3.05, 3.63) is 111 Å². The third-order valence-corrected chi connectivity index (χ3v) is 15.1. The van der Waals surface area contributed by atoms with Crippen molar-refractivity contribution in [3.63, 3.8) is 0 Å². The maximum Gasteiger partial charge on any atom is 0.0101 e. The van der Waals surface area contributed by atoms with Crippen LogP contribution in [-0.4, -0.2) is 0 Å². The Morgan fingerprint density at radius 2 is 1.33 bits per heavy atom. The van der Waals surface area contributed by atoms with Crippen molar-refractivity contribution in [1.82, 2.24) is 0 Å². The van der Waals surface area contributed by atoms with Crippen LogP contribution in [0.4, 0.5) is 0 Å². The van der Waals surface area contributed by atoms with Crippen LogP contribution < -0.4 is 21.2 Å². The number of rotatable bonds is 6. The summed E-state index contributed by atoms with van der Waals surface area (Å²) < 4.78 is 0. The molecule has 3 atom stereocenters. The molecule has 1 fully saturated rings. The first-order chi connectivity index (χ1) is 18.6. The van der Waals surface area contributed by atoms with Gasteiger partial charge in [-0.25, -0.2) is 0 Å². The summed E-state index contributed by atoms with van der Waals surface area (Å²) in [7, 11) is 0.0577. The Labute approximate surface area is 242 Å². The molecule has 0 aliphatic heterocycles. The summed E-state index contributed by atoms with van der Waals surface area (Å²) in [5.74, 6) is 0.602. The molecule has 3 heteroatoms. The predicted octanol–water partition coefficient (Wildman–Crippen LogP) is 8.91. The Morgan fingerprint density at radius 3 is 1.90 bits per heavy atom. The van der Waals surface area contributed by atoms with E-state index in [0.29, 0.717) is 14.5 Å². The molecule has 2 aliphatic rings. The average Bonchev–Trinajstić information content (AvgIpc) is 3.36. The van der Waals surface area contributed by atoms with Gasteiger partial charge in [-0.3, -0.25) is 0 Å². The fourth-order valence-corrected chi connectivity index (χ4v) is 13.5. The molecule has 0 spiro atoms. The smallest absolute Gasteiger partial charge is 0.0101 e. The summed E-state index contributed by atoms with van der Waals surface area (Å²) in [5.41, 5.74) is 6.48. The second-order valence-corrected chi connectivity index (χ2v) is 17.3. The van der Waals surface area contributed by atoms with E-state index in [1.807, 2.05) is 11.3 Å². The molecular formula is C36H40P2S. The SMILES string of the molecule is Cc1cc(C)cc(Pc2c(C)sc(C)c2C2=C(P(c3ccccc3)c3ccccc3)C3(C)CCC2C3(C)C)c1. The number of hydrogen-bond acceptors (Lipinski definition) is 1. The quantitative estimate of drug-likeness (QED) is 0.205. The summed E-state index contributed by atoms with van der Waals surface area (Å²) in [6.07, 6.45) is 2.59. The van der Waals surface area contributed by atoms with Gasteiger partial charge in [0.25, 0.3) is 0 Å². The van der Waals surface area contributed by atoms with Gasteiger partial charge in [0.15, 0.2) is 0 Å². The van der Waals surface area contributed by atoms with Crippen LogP contribution in [0.1, 0.15) is 60.1 Å². The number of hydrogen-bond donors (Lipinski definition) is 0. The highest BCUT2D eigenvalue weighted by Crippen LogP contribution is 2.76. The van der Waals surface area contributed by atoms with E-state index in [-0.39, 0.29) is 10.8 Å². The van der Waals surface area contributed by atoms with Crippen molar-refractivity contribution in [2.75, 3.05) is 0 Å². The van der Waals surface area contributed by atoms with Gasteiger partial charge in [-0.15, -0.1) is 11.3 Å². The second-order valence-electron chi connectivity index (χ2n) is 12.4. The first-order valence-corrected chi connectivity index (χ1v) is 17.4. The zero-order valence-electron chi connectivity index (χ0n) is 24.4. The number of fused-ring (bicyclic) bond motifs is 2. The van der Waals surface area contributed by atoms with Gasteiger partial charge in [0.1, 0.15) is 0 Å². The first kappa shape index (κ1) is 27.1. The molecule has 3 aromatic carbocycles. The fraction of sp³-hybridized carbons (Fsp3) is 0.333. The lowest BCUT2D eigenvalue weighted by atomic mass is 9.70. The van der Waals surface area contributed by atoms with Gasteiger partial charge < -0.3 is 0 Å². The number of allylic oxidation sites excluding steroid dienone is 2. The minimum Gasteiger partial charge on any atom is -0.145 e. The van der Waals surface area contributed by atoms with Gasteiger partial charge in [-0.1, -0.05) is 119 Å². The molecule has 3 unspecified atom stereocenters. The molecule has 0 nitrogen and oxygen atoms in total. The van der Waals surface area contributed by atoms with Gasteiger partial charge in [0.2, 0.25) is 0 Å². The third-order valence-electron chi connectivity index (χ3n) is 9.63. The minimum absolute atomic E-state index is 0.187. The van der Waals surface area contributed by atoms with Gasteiger partial charge in [0.05, 0.1) is 0 Å². The molecule has 1 aromatic heterocycles. The van der Waals surface area contributed by atoms with Crippen LogP contribution in [-0.2, 0) is 0 Å². The Balaban J connectivity index is 1.64. The largest absolute Gasteiger partial charge is 0.145 e. The van der Waals surface area contributed by atoms with E-state index in [1.165, 1.54) is 49.6 Å². The molecule has 0 saturated heterocycles. The highest BCUT2D eigenvalue weighted by molar-refractivity contribution is 7.77. The lowest BCUT2D eigenvalue weighted by Crippen LogP contribution is -2.31. The number of benzene rings is 3. The maximum absolute atomic E-state index is 2.61. The van der Waals surface area contributed by atoms with Crippen molar-refractivity contribution in [1.29, 1.82) is 0 Å². The highest BCUT2D eigenvalue weighted by Gasteiger charge is 2.62. The van der Waals surface area contributed by atoms with Crippen LogP contribution >= 0.6 is 27.8 Å². The monoisotopic (exact) mass is 566 g/mol. The standard InChI is InChI=1S/C36H40P2S/c1-23-20-24(2)22-27(21-23)37-33-26(4)39-25(3)31(33)32-30-18-19-36(7,35(30,5)6)34(32)38(28-14-10-8-11-15-28)29-16-12-9-13-17-29/h8-17,20-22,30,37H,18-19H2,1-7H3. The Kier molecular flexibility index (Phi) is 7.03. The molecule has 4 aromatic rings. The summed E-state index contributed by atoms with van der Waals surface area (Å²) in [5, 5.41) is 7.79. The normalized spacial score (nSPS) is 22.1. The average molecular weight is 567 g/mol.